The molecule has 19 nitrogen and oxygen atoms in total. The number of ether oxygens (including phenoxy) is 3. The molecule has 0 unspecified atom stereocenters. The van der Waals surface area contributed by atoms with Gasteiger partial charge in [-0.1, -0.05) is 113 Å². The standard InChI is InChI=1S/C16H21N3O4.C13H18BrNO2.C13H19NO3.C11H13N3O2.ClH/c1-16(2,3)23-15(22)18-8-11-5-4-6-12(7-11)10-19-13(20)9-17-14(19)21;1-13(2,3)17-12(16)15-9-11-6-4-5-10(7-11)8-14;1-13(2,3)17-12(16)14-8-10-5-4-6-11(7-10)9-15;12-5-8-2-1-3-9(4-8)7-14-10(15)6-13-11(14)16;/h4-7H,8-10H2,1-3H3,(H,17,21)(H,18,22);4-7H,8-9H2,1-3H3,(H,15,16);4-7,15H,8-9H2,1-3H3,(H,14,16);1-4H,5-7,12H2,(H,13,16);1H. The fourth-order valence-corrected chi connectivity index (χ4v) is 6.76. The fourth-order valence-electron chi connectivity index (χ4n) is 6.41. The third-order valence-electron chi connectivity index (χ3n) is 9.60. The maximum Gasteiger partial charge on any atom is 0.407 e. The molecule has 0 bridgehead atoms. The molecule has 2 heterocycles. The van der Waals surface area contributed by atoms with Gasteiger partial charge in [0.25, 0.3) is 0 Å². The van der Waals surface area contributed by atoms with Gasteiger partial charge in [-0.2, -0.15) is 0 Å². The Labute approximate surface area is 448 Å². The summed E-state index contributed by atoms with van der Waals surface area (Å²) in [5.74, 6) is -0.435. The number of aliphatic hydroxyl groups excluding tert-OH is 1. The highest BCUT2D eigenvalue weighted by Crippen LogP contribution is 2.15. The van der Waals surface area contributed by atoms with Gasteiger partial charge in [-0.25, -0.2) is 24.0 Å². The highest BCUT2D eigenvalue weighted by Gasteiger charge is 2.29. The van der Waals surface area contributed by atoms with Crippen LogP contribution in [0.1, 0.15) is 107 Å². The number of nitrogens with one attached hydrogen (secondary N) is 5. The fraction of sp³-hybridized carbons (Fsp3) is 0.415. The van der Waals surface area contributed by atoms with E-state index in [2.05, 4.69) is 42.5 Å². The van der Waals surface area contributed by atoms with Gasteiger partial charge in [-0.05, 0) is 107 Å². The number of alkyl halides is 1. The minimum absolute atomic E-state index is 0. The third-order valence-corrected chi connectivity index (χ3v) is 10.2. The van der Waals surface area contributed by atoms with E-state index in [1.807, 2.05) is 139 Å². The predicted octanol–water partition coefficient (Wildman–Crippen LogP) is 8.19. The van der Waals surface area contributed by atoms with Gasteiger partial charge in [0.1, 0.15) is 16.8 Å². The zero-order chi connectivity index (χ0) is 54.4. The number of amides is 9. The van der Waals surface area contributed by atoms with E-state index < -0.39 is 29.0 Å². The van der Waals surface area contributed by atoms with Crippen LogP contribution in [-0.4, -0.2) is 87.0 Å². The van der Waals surface area contributed by atoms with Crippen molar-refractivity contribution >= 4 is 70.5 Å². The van der Waals surface area contributed by atoms with E-state index in [9.17, 15) is 33.6 Å². The van der Waals surface area contributed by atoms with Crippen LogP contribution in [-0.2, 0) is 75.0 Å². The van der Waals surface area contributed by atoms with Gasteiger partial charge in [-0.3, -0.25) is 19.4 Å². The van der Waals surface area contributed by atoms with Crippen molar-refractivity contribution in [3.63, 3.8) is 0 Å². The molecule has 4 aromatic rings. The van der Waals surface area contributed by atoms with Crippen molar-refractivity contribution in [2.24, 2.45) is 5.73 Å². The van der Waals surface area contributed by atoms with Gasteiger partial charge in [0.15, 0.2) is 0 Å². The van der Waals surface area contributed by atoms with E-state index in [1.165, 1.54) is 15.4 Å². The Morgan fingerprint density at radius 3 is 1.15 bits per heavy atom. The lowest BCUT2D eigenvalue weighted by molar-refractivity contribution is -0.126. The number of rotatable bonds is 13. The van der Waals surface area contributed by atoms with Crippen LogP contribution >= 0.6 is 28.3 Å². The zero-order valence-corrected chi connectivity index (χ0v) is 46.0. The number of urea groups is 2. The molecule has 2 aliphatic rings. The van der Waals surface area contributed by atoms with Crippen molar-refractivity contribution < 1.29 is 52.9 Å². The lowest BCUT2D eigenvalue weighted by Crippen LogP contribution is -2.32. The summed E-state index contributed by atoms with van der Waals surface area (Å²) in [6.45, 7) is 18.7. The highest BCUT2D eigenvalue weighted by atomic mass is 79.9. The number of aliphatic hydroxyl groups is 1. The molecule has 404 valence electrons. The first-order valence-electron chi connectivity index (χ1n) is 23.5. The largest absolute Gasteiger partial charge is 0.444 e. The molecule has 74 heavy (non-hydrogen) atoms. The summed E-state index contributed by atoms with van der Waals surface area (Å²) in [7, 11) is 0. The highest BCUT2D eigenvalue weighted by molar-refractivity contribution is 9.08. The van der Waals surface area contributed by atoms with E-state index in [1.54, 1.807) is 20.8 Å². The molecule has 0 spiro atoms. The van der Waals surface area contributed by atoms with Crippen molar-refractivity contribution in [2.45, 2.75) is 130 Å². The molecular formula is C53H72BrClN8O11. The van der Waals surface area contributed by atoms with Crippen LogP contribution in [0.5, 0.6) is 0 Å². The van der Waals surface area contributed by atoms with Gasteiger partial charge < -0.3 is 51.6 Å². The van der Waals surface area contributed by atoms with Gasteiger partial charge in [0, 0.05) is 31.5 Å². The Balaban J connectivity index is 0.000000340. The SMILES string of the molecule is CC(C)(C)OC(=O)NCc1cccc(CBr)c1.CC(C)(C)OC(=O)NCc1cccc(CN2C(=O)CNC2=O)c1.CC(C)(C)OC(=O)NCc1cccc(CO)c1.Cl.NCc1cccc(CN2C(=O)CNC2=O)c1. The van der Waals surface area contributed by atoms with E-state index in [0.29, 0.717) is 32.7 Å². The molecule has 4 aromatic carbocycles. The molecule has 2 fully saturated rings. The summed E-state index contributed by atoms with van der Waals surface area (Å²) in [4.78, 5) is 82.7. The Morgan fingerprint density at radius 1 is 0.541 bits per heavy atom. The molecule has 0 saturated carbocycles. The minimum atomic E-state index is -0.546. The summed E-state index contributed by atoms with van der Waals surface area (Å²) in [6.07, 6.45) is -1.31. The number of hydrogen-bond donors (Lipinski definition) is 7. The Kier molecular flexibility index (Phi) is 26.1. The van der Waals surface area contributed by atoms with Gasteiger partial charge in [0.05, 0.1) is 32.8 Å². The van der Waals surface area contributed by atoms with E-state index in [4.69, 9.17) is 25.1 Å². The monoisotopic (exact) mass is 1110 g/mol. The van der Waals surface area contributed by atoms with Gasteiger partial charge >= 0.3 is 30.3 Å². The Bertz CT molecular complexity index is 2400. The second-order valence-electron chi connectivity index (χ2n) is 19.6. The summed E-state index contributed by atoms with van der Waals surface area (Å²) in [5, 5.41) is 22.8. The van der Waals surface area contributed by atoms with Gasteiger partial charge in [-0.15, -0.1) is 12.4 Å². The molecule has 21 heteroatoms. The second kappa shape index (κ2) is 30.5. The molecule has 0 radical (unpaired) electrons. The van der Waals surface area contributed by atoms with Gasteiger partial charge in [0.2, 0.25) is 11.8 Å². The molecule has 0 aromatic heterocycles. The number of alkyl carbamates (subject to hydrolysis) is 3. The first-order valence-corrected chi connectivity index (χ1v) is 24.6. The lowest BCUT2D eigenvalue weighted by atomic mass is 10.1. The van der Waals surface area contributed by atoms with E-state index in [-0.39, 0.29) is 68.6 Å². The molecule has 6 rings (SSSR count). The van der Waals surface area contributed by atoms with Crippen LogP contribution in [0.2, 0.25) is 0 Å². The van der Waals surface area contributed by atoms with Crippen LogP contribution in [0.3, 0.4) is 0 Å². The molecular weight excluding hydrogens is 1040 g/mol. The maximum atomic E-state index is 11.6. The number of hydrogen-bond acceptors (Lipinski definition) is 12. The van der Waals surface area contributed by atoms with Crippen molar-refractivity contribution in [3.05, 3.63) is 142 Å². The number of nitrogens with zero attached hydrogens (tertiary/aromatic N) is 2. The predicted molar refractivity (Wildman–Crippen MR) is 287 cm³/mol. The normalized spacial score (nSPS) is 13.0. The zero-order valence-electron chi connectivity index (χ0n) is 43.6. The van der Waals surface area contributed by atoms with Crippen LogP contribution in [0.25, 0.3) is 0 Å². The Morgan fingerprint density at radius 2 is 0.838 bits per heavy atom. The van der Waals surface area contributed by atoms with Crippen molar-refractivity contribution in [3.8, 4) is 0 Å². The number of benzene rings is 4. The average Bonchev–Trinajstić information content (AvgIpc) is 3.81. The lowest BCUT2D eigenvalue weighted by Gasteiger charge is -2.19. The number of halogens is 2. The number of carbonyl (C=O) groups excluding carboxylic acids is 7. The number of nitrogens with two attached hydrogens (primary N) is 1. The number of imide groups is 2. The third kappa shape index (κ3) is 25.3. The maximum absolute atomic E-state index is 11.6. The van der Waals surface area contributed by atoms with Crippen molar-refractivity contribution in [1.82, 2.24) is 36.4 Å². The minimum Gasteiger partial charge on any atom is -0.444 e. The van der Waals surface area contributed by atoms with Crippen LogP contribution in [0, 0.1) is 0 Å². The average molecular weight is 1110 g/mol. The molecule has 0 atom stereocenters. The molecule has 0 aliphatic carbocycles. The van der Waals surface area contributed by atoms with Crippen molar-refractivity contribution in [2.75, 3.05) is 13.1 Å². The molecule has 8 N–H and O–H groups in total. The summed E-state index contributed by atoms with van der Waals surface area (Å²) >= 11 is 3.40. The molecule has 9 amide bonds. The van der Waals surface area contributed by atoms with Crippen LogP contribution in [0.4, 0.5) is 24.0 Å². The van der Waals surface area contributed by atoms with Crippen LogP contribution in [0.15, 0.2) is 97.1 Å². The van der Waals surface area contributed by atoms with Crippen LogP contribution < -0.4 is 32.3 Å². The van der Waals surface area contributed by atoms with E-state index in [0.717, 1.165) is 44.3 Å². The first-order chi connectivity index (χ1) is 34.3. The van der Waals surface area contributed by atoms with Crippen molar-refractivity contribution in [1.29, 1.82) is 0 Å². The second-order valence-corrected chi connectivity index (χ2v) is 20.2. The number of carbonyl (C=O) groups is 7. The smallest absolute Gasteiger partial charge is 0.407 e. The Hall–Kier alpha value is -6.74. The first kappa shape index (κ1) is 63.4. The summed E-state index contributed by atoms with van der Waals surface area (Å²) in [5.41, 5.74) is 11.6. The topological polar surface area (TPSA) is 260 Å². The van der Waals surface area contributed by atoms with E-state index >= 15 is 0 Å². The molecule has 2 saturated heterocycles. The summed E-state index contributed by atoms with van der Waals surface area (Å²) < 4.78 is 15.4. The summed E-state index contributed by atoms with van der Waals surface area (Å²) in [6, 6.07) is 29.6. The molecule has 2 aliphatic heterocycles. The quantitative estimate of drug-likeness (QED) is 0.0380.